The summed E-state index contributed by atoms with van der Waals surface area (Å²) >= 11 is 0. The standard InChI is InChI=1S/C14H23NO2/c1-5-11-6-7-12(16-3)14(17-4)13(11)10(2)8-9-15/h6-7,10H,5,8-9,15H2,1-4H3. The van der Waals surface area contributed by atoms with Crippen LogP contribution in [0.3, 0.4) is 0 Å². The summed E-state index contributed by atoms with van der Waals surface area (Å²) in [7, 11) is 3.36. The molecular weight excluding hydrogens is 214 g/mol. The molecule has 0 spiro atoms. The Kier molecular flexibility index (Phi) is 5.29. The van der Waals surface area contributed by atoms with Gasteiger partial charge in [0.15, 0.2) is 11.5 Å². The Bertz CT molecular complexity index is 363. The van der Waals surface area contributed by atoms with Crippen molar-refractivity contribution in [1.82, 2.24) is 0 Å². The van der Waals surface area contributed by atoms with Crippen LogP contribution in [-0.4, -0.2) is 20.8 Å². The number of rotatable bonds is 6. The molecule has 0 aliphatic rings. The molecule has 0 radical (unpaired) electrons. The lowest BCUT2D eigenvalue weighted by atomic mass is 9.90. The molecule has 0 heterocycles. The van der Waals surface area contributed by atoms with Crippen LogP contribution in [-0.2, 0) is 6.42 Å². The van der Waals surface area contributed by atoms with E-state index in [9.17, 15) is 0 Å². The van der Waals surface area contributed by atoms with Crippen LogP contribution in [0, 0.1) is 0 Å². The van der Waals surface area contributed by atoms with E-state index in [4.69, 9.17) is 15.2 Å². The predicted octanol–water partition coefficient (Wildman–Crippen LogP) is 2.72. The summed E-state index contributed by atoms with van der Waals surface area (Å²) in [5, 5.41) is 0. The lowest BCUT2D eigenvalue weighted by molar-refractivity contribution is 0.348. The predicted molar refractivity (Wildman–Crippen MR) is 71.0 cm³/mol. The molecular formula is C14H23NO2. The first-order valence-corrected chi connectivity index (χ1v) is 6.13. The molecule has 96 valence electrons. The van der Waals surface area contributed by atoms with Crippen molar-refractivity contribution in [3.05, 3.63) is 23.3 Å². The highest BCUT2D eigenvalue weighted by molar-refractivity contribution is 5.52. The molecule has 1 aromatic rings. The molecule has 2 N–H and O–H groups in total. The second kappa shape index (κ2) is 6.50. The van der Waals surface area contributed by atoms with Gasteiger partial charge < -0.3 is 15.2 Å². The zero-order valence-electron chi connectivity index (χ0n) is 11.2. The average Bonchev–Trinajstić information content (AvgIpc) is 2.36. The first-order valence-electron chi connectivity index (χ1n) is 6.13. The van der Waals surface area contributed by atoms with E-state index >= 15 is 0 Å². The monoisotopic (exact) mass is 237 g/mol. The summed E-state index contributed by atoms with van der Waals surface area (Å²) in [5.74, 6) is 2.04. The Morgan fingerprint density at radius 3 is 2.41 bits per heavy atom. The molecule has 0 bridgehead atoms. The maximum atomic E-state index is 5.65. The minimum absolute atomic E-state index is 0.389. The van der Waals surface area contributed by atoms with Gasteiger partial charge in [-0.3, -0.25) is 0 Å². The molecule has 3 nitrogen and oxygen atoms in total. The van der Waals surface area contributed by atoms with Gasteiger partial charge in [-0.2, -0.15) is 0 Å². The van der Waals surface area contributed by atoms with Gasteiger partial charge in [0.25, 0.3) is 0 Å². The molecule has 0 saturated heterocycles. The van der Waals surface area contributed by atoms with Gasteiger partial charge in [0.2, 0.25) is 0 Å². The summed E-state index contributed by atoms with van der Waals surface area (Å²) < 4.78 is 10.9. The fourth-order valence-electron chi connectivity index (χ4n) is 2.23. The Labute approximate surface area is 104 Å². The van der Waals surface area contributed by atoms with Gasteiger partial charge in [0.1, 0.15) is 0 Å². The van der Waals surface area contributed by atoms with Crippen LogP contribution in [0.15, 0.2) is 12.1 Å². The van der Waals surface area contributed by atoms with Gasteiger partial charge in [0, 0.05) is 5.56 Å². The lowest BCUT2D eigenvalue weighted by Crippen LogP contribution is -2.09. The fraction of sp³-hybridized carbons (Fsp3) is 0.571. The van der Waals surface area contributed by atoms with E-state index in [1.54, 1.807) is 14.2 Å². The number of aryl methyl sites for hydroxylation is 1. The topological polar surface area (TPSA) is 44.5 Å². The summed E-state index contributed by atoms with van der Waals surface area (Å²) in [5.41, 5.74) is 8.19. The van der Waals surface area contributed by atoms with Crippen LogP contribution in [0.1, 0.15) is 37.3 Å². The van der Waals surface area contributed by atoms with E-state index in [0.29, 0.717) is 12.5 Å². The SMILES string of the molecule is CCc1ccc(OC)c(OC)c1C(C)CCN. The van der Waals surface area contributed by atoms with Crippen LogP contribution >= 0.6 is 0 Å². The maximum absolute atomic E-state index is 5.65. The second-order valence-electron chi connectivity index (χ2n) is 4.21. The van der Waals surface area contributed by atoms with E-state index in [1.165, 1.54) is 11.1 Å². The van der Waals surface area contributed by atoms with Crippen molar-refractivity contribution in [3.63, 3.8) is 0 Å². The van der Waals surface area contributed by atoms with Crippen molar-refractivity contribution < 1.29 is 9.47 Å². The van der Waals surface area contributed by atoms with Crippen LogP contribution in [0.25, 0.3) is 0 Å². The van der Waals surface area contributed by atoms with E-state index in [-0.39, 0.29) is 0 Å². The van der Waals surface area contributed by atoms with Crippen molar-refractivity contribution in [2.45, 2.75) is 32.6 Å². The molecule has 1 unspecified atom stereocenters. The van der Waals surface area contributed by atoms with Crippen molar-refractivity contribution >= 4 is 0 Å². The smallest absolute Gasteiger partial charge is 0.164 e. The highest BCUT2D eigenvalue weighted by Crippen LogP contribution is 2.39. The quantitative estimate of drug-likeness (QED) is 0.827. The van der Waals surface area contributed by atoms with Gasteiger partial charge in [-0.15, -0.1) is 0 Å². The number of methoxy groups -OCH3 is 2. The Morgan fingerprint density at radius 1 is 1.24 bits per heavy atom. The molecule has 3 heteroatoms. The fourth-order valence-corrected chi connectivity index (χ4v) is 2.23. The zero-order chi connectivity index (χ0) is 12.8. The van der Waals surface area contributed by atoms with Crippen LogP contribution in [0.2, 0.25) is 0 Å². The Balaban J connectivity index is 3.29. The molecule has 0 amide bonds. The number of ether oxygens (including phenoxy) is 2. The van der Waals surface area contributed by atoms with E-state index in [2.05, 4.69) is 19.9 Å². The second-order valence-corrected chi connectivity index (χ2v) is 4.21. The minimum atomic E-state index is 0.389. The third-order valence-corrected chi connectivity index (χ3v) is 3.15. The van der Waals surface area contributed by atoms with E-state index < -0.39 is 0 Å². The van der Waals surface area contributed by atoms with Gasteiger partial charge in [-0.1, -0.05) is 19.9 Å². The lowest BCUT2D eigenvalue weighted by Gasteiger charge is -2.21. The Morgan fingerprint density at radius 2 is 1.94 bits per heavy atom. The molecule has 0 aliphatic heterocycles. The van der Waals surface area contributed by atoms with Crippen LogP contribution < -0.4 is 15.2 Å². The van der Waals surface area contributed by atoms with Gasteiger partial charge >= 0.3 is 0 Å². The third-order valence-electron chi connectivity index (χ3n) is 3.15. The highest BCUT2D eigenvalue weighted by Gasteiger charge is 2.18. The number of hydrogen-bond donors (Lipinski definition) is 1. The van der Waals surface area contributed by atoms with Crippen LogP contribution in [0.5, 0.6) is 11.5 Å². The Hall–Kier alpha value is -1.22. The summed E-state index contributed by atoms with van der Waals surface area (Å²) in [6, 6.07) is 4.08. The molecule has 0 saturated carbocycles. The molecule has 0 fully saturated rings. The zero-order valence-corrected chi connectivity index (χ0v) is 11.2. The number of nitrogens with two attached hydrogens (primary N) is 1. The molecule has 1 rings (SSSR count). The summed E-state index contributed by atoms with van der Waals surface area (Å²) in [6.45, 7) is 5.02. The molecule has 1 aromatic carbocycles. The molecule has 0 aromatic heterocycles. The minimum Gasteiger partial charge on any atom is -0.493 e. The van der Waals surface area contributed by atoms with Crippen molar-refractivity contribution in [2.24, 2.45) is 5.73 Å². The molecule has 17 heavy (non-hydrogen) atoms. The van der Waals surface area contributed by atoms with E-state index in [1.807, 2.05) is 6.07 Å². The molecule has 1 atom stereocenters. The summed E-state index contributed by atoms with van der Waals surface area (Å²) in [6.07, 6.45) is 1.95. The van der Waals surface area contributed by atoms with Gasteiger partial charge in [-0.25, -0.2) is 0 Å². The summed E-state index contributed by atoms with van der Waals surface area (Å²) in [4.78, 5) is 0. The van der Waals surface area contributed by atoms with Crippen molar-refractivity contribution in [2.75, 3.05) is 20.8 Å². The number of hydrogen-bond acceptors (Lipinski definition) is 3. The van der Waals surface area contributed by atoms with Gasteiger partial charge in [-0.05, 0) is 36.9 Å². The largest absolute Gasteiger partial charge is 0.493 e. The van der Waals surface area contributed by atoms with E-state index in [0.717, 1.165) is 24.3 Å². The molecule has 0 aliphatic carbocycles. The van der Waals surface area contributed by atoms with Crippen molar-refractivity contribution in [3.8, 4) is 11.5 Å². The van der Waals surface area contributed by atoms with Gasteiger partial charge in [0.05, 0.1) is 14.2 Å². The normalized spacial score (nSPS) is 12.3. The van der Waals surface area contributed by atoms with Crippen molar-refractivity contribution in [1.29, 1.82) is 0 Å². The number of benzene rings is 1. The highest BCUT2D eigenvalue weighted by atomic mass is 16.5. The first kappa shape index (κ1) is 13.8. The maximum Gasteiger partial charge on any atom is 0.164 e. The van der Waals surface area contributed by atoms with Crippen LogP contribution in [0.4, 0.5) is 0 Å². The first-order chi connectivity index (χ1) is 8.19. The third kappa shape index (κ3) is 2.91. The average molecular weight is 237 g/mol.